The number of anilines is 1. The number of fused-ring (bicyclic) bond motifs is 1. The minimum absolute atomic E-state index is 0.0851. The molecule has 2 rings (SSSR count). The third-order valence-electron chi connectivity index (χ3n) is 2.45. The molecule has 0 fully saturated rings. The van der Waals surface area contributed by atoms with Crippen molar-refractivity contribution in [1.29, 1.82) is 0 Å². The molecule has 1 N–H and O–H groups in total. The molecule has 1 heterocycles. The zero-order valence-corrected chi connectivity index (χ0v) is 7.69. The summed E-state index contributed by atoms with van der Waals surface area (Å²) in [6, 6.07) is 7.03. The Balaban J connectivity index is 2.51. The average Bonchev–Trinajstić information content (AvgIpc) is 2.27. The number of benzene rings is 1. The Bertz CT molecular complexity index is 371. The lowest BCUT2D eigenvalue weighted by molar-refractivity contribution is 0.0624. The molecule has 14 heavy (non-hydrogen) atoms. The fraction of sp³-hybridized carbons (Fsp3) is 0.273. The molecule has 0 radical (unpaired) electrons. The molecule has 0 aromatic heterocycles. The van der Waals surface area contributed by atoms with E-state index in [0.717, 1.165) is 5.69 Å². The zero-order chi connectivity index (χ0) is 10.2. The van der Waals surface area contributed by atoms with Gasteiger partial charge < -0.3 is 5.32 Å². The zero-order valence-electron chi connectivity index (χ0n) is 7.69. The molecule has 1 nitrogen and oxygen atoms in total. The van der Waals surface area contributed by atoms with Crippen molar-refractivity contribution in [2.24, 2.45) is 0 Å². The Hall–Kier alpha value is -1.38. The Morgan fingerprint density at radius 1 is 1.29 bits per heavy atom. The van der Waals surface area contributed by atoms with Crippen molar-refractivity contribution in [1.82, 2.24) is 0 Å². The van der Waals surface area contributed by atoms with Gasteiger partial charge in [-0.2, -0.15) is 0 Å². The monoisotopic (exact) mass is 195 g/mol. The van der Waals surface area contributed by atoms with Gasteiger partial charge in [-0.15, -0.1) is 0 Å². The first-order chi connectivity index (χ1) is 6.61. The van der Waals surface area contributed by atoms with Gasteiger partial charge in [0.1, 0.15) is 0 Å². The molecule has 0 bridgehead atoms. The highest BCUT2D eigenvalue weighted by Gasteiger charge is 2.35. The second-order valence-corrected chi connectivity index (χ2v) is 3.41. The molecule has 0 aliphatic carbocycles. The molecule has 1 aromatic rings. The molecule has 1 aliphatic rings. The van der Waals surface area contributed by atoms with Gasteiger partial charge in [-0.3, -0.25) is 0 Å². The van der Waals surface area contributed by atoms with Crippen molar-refractivity contribution in [3.8, 4) is 0 Å². The van der Waals surface area contributed by atoms with E-state index in [1.807, 2.05) is 6.07 Å². The summed E-state index contributed by atoms with van der Waals surface area (Å²) in [5, 5.41) is 2.97. The van der Waals surface area contributed by atoms with Crippen LogP contribution in [0.25, 0.3) is 5.57 Å². The molecule has 0 saturated heterocycles. The molecule has 0 atom stereocenters. The first-order valence-corrected chi connectivity index (χ1v) is 4.52. The predicted molar refractivity (Wildman–Crippen MR) is 53.5 cm³/mol. The van der Waals surface area contributed by atoms with Crippen molar-refractivity contribution >= 4 is 11.3 Å². The third kappa shape index (κ3) is 1.39. The lowest BCUT2D eigenvalue weighted by Gasteiger charge is -2.15. The highest BCUT2D eigenvalue weighted by atomic mass is 19.3. The topological polar surface area (TPSA) is 12.0 Å². The Kier molecular flexibility index (Phi) is 2.02. The number of hydrogen-bond donors (Lipinski definition) is 1. The van der Waals surface area contributed by atoms with Crippen molar-refractivity contribution in [2.45, 2.75) is 12.3 Å². The number of hydrogen-bond acceptors (Lipinski definition) is 1. The van der Waals surface area contributed by atoms with Gasteiger partial charge in [0.05, 0.1) is 0 Å². The van der Waals surface area contributed by atoms with Crippen LogP contribution in [-0.2, 0) is 0 Å². The van der Waals surface area contributed by atoms with Crippen LogP contribution in [0.4, 0.5) is 14.5 Å². The molecular formula is C11H11F2N. The van der Waals surface area contributed by atoms with E-state index in [9.17, 15) is 8.78 Å². The van der Waals surface area contributed by atoms with Crippen molar-refractivity contribution in [2.75, 3.05) is 11.9 Å². The van der Waals surface area contributed by atoms with E-state index >= 15 is 0 Å². The molecule has 3 heteroatoms. The maximum Gasteiger partial charge on any atom is 0.275 e. The first kappa shape index (κ1) is 9.19. The fourth-order valence-corrected chi connectivity index (χ4v) is 1.60. The minimum Gasteiger partial charge on any atom is -0.384 e. The van der Waals surface area contributed by atoms with Crippen LogP contribution < -0.4 is 5.32 Å². The molecular weight excluding hydrogens is 184 g/mol. The van der Waals surface area contributed by atoms with Crippen molar-refractivity contribution in [3.05, 3.63) is 36.4 Å². The van der Waals surface area contributed by atoms with Crippen LogP contribution >= 0.6 is 0 Å². The van der Waals surface area contributed by atoms with E-state index in [1.165, 1.54) is 0 Å². The molecule has 1 aliphatic heterocycles. The summed E-state index contributed by atoms with van der Waals surface area (Å²) in [4.78, 5) is 0. The van der Waals surface area contributed by atoms with Crippen LogP contribution in [0, 0.1) is 0 Å². The van der Waals surface area contributed by atoms with Gasteiger partial charge in [-0.25, -0.2) is 8.78 Å². The van der Waals surface area contributed by atoms with Gasteiger partial charge in [0.2, 0.25) is 0 Å². The van der Waals surface area contributed by atoms with Gasteiger partial charge in [0.25, 0.3) is 5.92 Å². The predicted octanol–water partition coefficient (Wildman–Crippen LogP) is 3.15. The van der Waals surface area contributed by atoms with E-state index in [-0.39, 0.29) is 18.5 Å². The number of rotatable bonds is 0. The fourth-order valence-electron chi connectivity index (χ4n) is 1.60. The quantitative estimate of drug-likeness (QED) is 0.670. The van der Waals surface area contributed by atoms with Crippen LogP contribution in [0.2, 0.25) is 0 Å². The van der Waals surface area contributed by atoms with Crippen LogP contribution in [0.15, 0.2) is 30.8 Å². The van der Waals surface area contributed by atoms with E-state index in [0.29, 0.717) is 5.56 Å². The highest BCUT2D eigenvalue weighted by molar-refractivity contribution is 5.79. The molecule has 0 spiro atoms. The van der Waals surface area contributed by atoms with Gasteiger partial charge >= 0.3 is 0 Å². The standard InChI is InChI=1S/C11H11F2N/c1-8-9-4-2-3-5-10(9)14-7-6-11(8,12)13/h2-5,14H,1,6-7H2. The number of alkyl halides is 2. The summed E-state index contributed by atoms with van der Waals surface area (Å²) in [5.74, 6) is -2.79. The molecule has 0 unspecified atom stereocenters. The van der Waals surface area contributed by atoms with Crippen LogP contribution in [-0.4, -0.2) is 12.5 Å². The molecule has 0 saturated carbocycles. The van der Waals surface area contributed by atoms with Crippen molar-refractivity contribution < 1.29 is 8.78 Å². The summed E-state index contributed by atoms with van der Waals surface area (Å²) in [5.41, 5.74) is 1.18. The van der Waals surface area contributed by atoms with Gasteiger partial charge in [-0.1, -0.05) is 24.8 Å². The van der Waals surface area contributed by atoms with Gasteiger partial charge in [-0.05, 0) is 6.07 Å². The van der Waals surface area contributed by atoms with E-state index in [2.05, 4.69) is 11.9 Å². The lowest BCUT2D eigenvalue weighted by Crippen LogP contribution is -2.18. The second-order valence-electron chi connectivity index (χ2n) is 3.41. The van der Waals surface area contributed by atoms with Crippen LogP contribution in [0.1, 0.15) is 12.0 Å². The summed E-state index contributed by atoms with van der Waals surface area (Å²) < 4.78 is 26.8. The molecule has 0 amide bonds. The number of halogens is 2. The SMILES string of the molecule is C=C1c2ccccc2NCCC1(F)F. The Morgan fingerprint density at radius 2 is 2.00 bits per heavy atom. The largest absolute Gasteiger partial charge is 0.384 e. The van der Waals surface area contributed by atoms with E-state index < -0.39 is 5.92 Å². The maximum absolute atomic E-state index is 13.4. The van der Waals surface area contributed by atoms with E-state index in [4.69, 9.17) is 0 Å². The Labute approximate surface area is 81.4 Å². The second kappa shape index (κ2) is 3.08. The third-order valence-corrected chi connectivity index (χ3v) is 2.45. The Morgan fingerprint density at radius 3 is 2.79 bits per heavy atom. The van der Waals surface area contributed by atoms with Crippen molar-refractivity contribution in [3.63, 3.8) is 0 Å². The normalized spacial score (nSPS) is 19.4. The number of allylic oxidation sites excluding steroid dienone is 1. The maximum atomic E-state index is 13.4. The number of nitrogens with one attached hydrogen (secondary N) is 1. The summed E-state index contributed by atoms with van der Waals surface area (Å²) >= 11 is 0. The van der Waals surface area contributed by atoms with Gasteiger partial charge in [0, 0.05) is 29.8 Å². The lowest BCUT2D eigenvalue weighted by atomic mass is 10.00. The summed E-state index contributed by atoms with van der Waals surface area (Å²) in [6.07, 6.45) is -0.194. The highest BCUT2D eigenvalue weighted by Crippen LogP contribution is 2.39. The van der Waals surface area contributed by atoms with E-state index in [1.54, 1.807) is 18.2 Å². The summed E-state index contributed by atoms with van der Waals surface area (Å²) in [7, 11) is 0. The van der Waals surface area contributed by atoms with Gasteiger partial charge in [0.15, 0.2) is 0 Å². The number of para-hydroxylation sites is 1. The smallest absolute Gasteiger partial charge is 0.275 e. The van der Waals surface area contributed by atoms with Crippen LogP contribution in [0.5, 0.6) is 0 Å². The average molecular weight is 195 g/mol. The molecule has 1 aromatic carbocycles. The molecule has 74 valence electrons. The first-order valence-electron chi connectivity index (χ1n) is 4.52. The van der Waals surface area contributed by atoms with Crippen LogP contribution in [0.3, 0.4) is 0 Å². The summed E-state index contributed by atoms with van der Waals surface area (Å²) in [6.45, 7) is 3.76. The minimum atomic E-state index is -2.79.